The molecule has 3 heteroatoms. The Hall–Kier alpha value is -1.45. The predicted molar refractivity (Wildman–Crippen MR) is 86.2 cm³/mol. The van der Waals surface area contributed by atoms with Gasteiger partial charge in [0.1, 0.15) is 0 Å². The summed E-state index contributed by atoms with van der Waals surface area (Å²) in [6, 6.07) is 11.5. The molecule has 0 aliphatic carbocycles. The van der Waals surface area contributed by atoms with Crippen LogP contribution in [0.25, 0.3) is 10.9 Å². The second-order valence-electron chi connectivity index (χ2n) is 6.74. The standard InChI is InChI=1S/C18H23N3/c1-20-10-14-7-8-16(13-20)21(11-14)12-15-4-2-6-18-17(15)5-3-9-19-18/h2-6,9,14,16H,7-8,10-13H2,1H3/t14-,16+/m1/s1. The topological polar surface area (TPSA) is 19.4 Å². The van der Waals surface area contributed by atoms with E-state index in [-0.39, 0.29) is 0 Å². The van der Waals surface area contributed by atoms with Gasteiger partial charge >= 0.3 is 0 Å². The van der Waals surface area contributed by atoms with Crippen LogP contribution in [0, 0.1) is 5.92 Å². The van der Waals surface area contributed by atoms with Gasteiger partial charge in [-0.3, -0.25) is 9.88 Å². The largest absolute Gasteiger partial charge is 0.304 e. The number of aromatic nitrogens is 1. The fourth-order valence-corrected chi connectivity index (χ4v) is 4.13. The van der Waals surface area contributed by atoms with Crippen LogP contribution in [-0.4, -0.2) is 47.5 Å². The summed E-state index contributed by atoms with van der Waals surface area (Å²) in [7, 11) is 2.27. The van der Waals surface area contributed by atoms with Crippen LogP contribution in [0.4, 0.5) is 0 Å². The van der Waals surface area contributed by atoms with Crippen molar-refractivity contribution < 1.29 is 0 Å². The van der Waals surface area contributed by atoms with Crippen LogP contribution in [0.1, 0.15) is 18.4 Å². The molecule has 110 valence electrons. The maximum Gasteiger partial charge on any atom is 0.0705 e. The minimum absolute atomic E-state index is 0.723. The number of nitrogens with zero attached hydrogens (tertiary/aromatic N) is 3. The highest BCUT2D eigenvalue weighted by atomic mass is 15.2. The van der Waals surface area contributed by atoms with Crippen molar-refractivity contribution >= 4 is 10.9 Å². The van der Waals surface area contributed by atoms with E-state index in [1.807, 2.05) is 12.3 Å². The van der Waals surface area contributed by atoms with Crippen molar-refractivity contribution in [2.75, 3.05) is 26.7 Å². The molecule has 3 fully saturated rings. The molecular weight excluding hydrogens is 258 g/mol. The maximum atomic E-state index is 4.49. The van der Waals surface area contributed by atoms with Crippen LogP contribution in [0.15, 0.2) is 36.5 Å². The van der Waals surface area contributed by atoms with E-state index < -0.39 is 0 Å². The number of pyridine rings is 1. The summed E-state index contributed by atoms with van der Waals surface area (Å²) in [5.41, 5.74) is 2.54. The lowest BCUT2D eigenvalue weighted by atomic mass is 9.94. The first-order chi connectivity index (χ1) is 10.3. The number of likely N-dealkylation sites (N-methyl/N-ethyl adjacent to an activating group) is 1. The first kappa shape index (κ1) is 13.2. The third-order valence-corrected chi connectivity index (χ3v) is 5.12. The molecule has 0 spiro atoms. The summed E-state index contributed by atoms with van der Waals surface area (Å²) >= 11 is 0. The molecule has 0 N–H and O–H groups in total. The monoisotopic (exact) mass is 281 g/mol. The Morgan fingerprint density at radius 1 is 1.10 bits per heavy atom. The number of piperidine rings is 1. The molecule has 0 amide bonds. The fourth-order valence-electron chi connectivity index (χ4n) is 4.13. The van der Waals surface area contributed by atoms with Gasteiger partial charge in [-0.15, -0.1) is 0 Å². The quantitative estimate of drug-likeness (QED) is 0.844. The predicted octanol–water partition coefficient (Wildman–Crippen LogP) is 2.76. The lowest BCUT2D eigenvalue weighted by Gasteiger charge is -2.36. The van der Waals surface area contributed by atoms with Crippen molar-refractivity contribution in [3.05, 3.63) is 42.1 Å². The van der Waals surface area contributed by atoms with Crippen molar-refractivity contribution in [3.8, 4) is 0 Å². The SMILES string of the molecule is CN1C[C@H]2CC[C@@H](C1)N(Cc1cccc3ncccc13)C2. The third kappa shape index (κ3) is 2.56. The molecule has 1 aromatic heterocycles. The highest BCUT2D eigenvalue weighted by molar-refractivity contribution is 5.81. The number of rotatable bonds is 2. The molecule has 0 saturated carbocycles. The molecular formula is C18H23N3. The van der Waals surface area contributed by atoms with Crippen LogP contribution in [-0.2, 0) is 6.54 Å². The van der Waals surface area contributed by atoms with Crippen LogP contribution >= 0.6 is 0 Å². The van der Waals surface area contributed by atoms with Gasteiger partial charge < -0.3 is 4.90 Å². The highest BCUT2D eigenvalue weighted by Crippen LogP contribution is 2.29. The van der Waals surface area contributed by atoms with Crippen molar-refractivity contribution in [2.24, 2.45) is 5.92 Å². The Labute approximate surface area is 126 Å². The molecule has 2 bridgehead atoms. The molecule has 1 aromatic carbocycles. The Morgan fingerprint density at radius 2 is 2.05 bits per heavy atom. The van der Waals surface area contributed by atoms with Gasteiger partial charge in [0.25, 0.3) is 0 Å². The van der Waals surface area contributed by atoms with E-state index in [1.54, 1.807) is 0 Å². The summed E-state index contributed by atoms with van der Waals surface area (Å²) in [6.45, 7) is 4.81. The molecule has 5 rings (SSSR count). The van der Waals surface area contributed by atoms with Crippen molar-refractivity contribution in [1.29, 1.82) is 0 Å². The molecule has 3 aliphatic heterocycles. The zero-order valence-electron chi connectivity index (χ0n) is 12.7. The first-order valence-corrected chi connectivity index (χ1v) is 8.05. The highest BCUT2D eigenvalue weighted by Gasteiger charge is 2.33. The van der Waals surface area contributed by atoms with E-state index in [2.05, 4.69) is 46.1 Å². The molecule has 21 heavy (non-hydrogen) atoms. The molecule has 0 unspecified atom stereocenters. The molecule has 3 nitrogen and oxygen atoms in total. The van der Waals surface area contributed by atoms with Gasteiger partial charge in [0, 0.05) is 43.8 Å². The van der Waals surface area contributed by atoms with Gasteiger partial charge in [-0.25, -0.2) is 0 Å². The summed E-state index contributed by atoms with van der Waals surface area (Å²) in [5.74, 6) is 0.849. The normalized spacial score (nSPS) is 27.1. The van der Waals surface area contributed by atoms with Crippen LogP contribution in [0.3, 0.4) is 0 Å². The lowest BCUT2D eigenvalue weighted by Crippen LogP contribution is -2.43. The third-order valence-electron chi connectivity index (χ3n) is 5.12. The lowest BCUT2D eigenvalue weighted by molar-refractivity contribution is 0.125. The van der Waals surface area contributed by atoms with Gasteiger partial charge in [-0.2, -0.15) is 0 Å². The minimum Gasteiger partial charge on any atom is -0.304 e. The van der Waals surface area contributed by atoms with Gasteiger partial charge in [0.15, 0.2) is 0 Å². The average Bonchev–Trinajstić information content (AvgIpc) is 2.76. The zero-order valence-corrected chi connectivity index (χ0v) is 12.7. The summed E-state index contributed by atoms with van der Waals surface area (Å²) in [4.78, 5) is 9.72. The Balaban J connectivity index is 1.63. The van der Waals surface area contributed by atoms with Crippen LogP contribution < -0.4 is 0 Å². The molecule has 3 saturated heterocycles. The average molecular weight is 281 g/mol. The van der Waals surface area contributed by atoms with Crippen LogP contribution in [0.2, 0.25) is 0 Å². The van der Waals surface area contributed by atoms with Crippen molar-refractivity contribution in [2.45, 2.75) is 25.4 Å². The summed E-state index contributed by atoms with van der Waals surface area (Å²) < 4.78 is 0. The van der Waals surface area contributed by atoms with Gasteiger partial charge in [0.05, 0.1) is 5.52 Å². The molecule has 4 heterocycles. The van der Waals surface area contributed by atoms with Gasteiger partial charge in [-0.05, 0) is 43.5 Å². The van der Waals surface area contributed by atoms with Gasteiger partial charge in [0.2, 0.25) is 0 Å². The fraction of sp³-hybridized carbons (Fsp3) is 0.500. The summed E-state index contributed by atoms with van der Waals surface area (Å²) in [5, 5.41) is 1.31. The second-order valence-corrected chi connectivity index (χ2v) is 6.74. The van der Waals surface area contributed by atoms with E-state index in [1.165, 1.54) is 43.4 Å². The minimum atomic E-state index is 0.723. The number of benzene rings is 1. The number of hydrogen-bond acceptors (Lipinski definition) is 3. The molecule has 2 atom stereocenters. The molecule has 0 radical (unpaired) electrons. The van der Waals surface area contributed by atoms with Gasteiger partial charge in [-0.1, -0.05) is 18.2 Å². The second kappa shape index (κ2) is 5.39. The number of hydrogen-bond donors (Lipinski definition) is 0. The Morgan fingerprint density at radius 3 is 3.00 bits per heavy atom. The van der Waals surface area contributed by atoms with E-state index in [9.17, 15) is 0 Å². The first-order valence-electron chi connectivity index (χ1n) is 8.05. The van der Waals surface area contributed by atoms with E-state index >= 15 is 0 Å². The summed E-state index contributed by atoms with van der Waals surface area (Å²) in [6.07, 6.45) is 4.65. The van der Waals surface area contributed by atoms with Crippen molar-refractivity contribution in [3.63, 3.8) is 0 Å². The Kier molecular flexibility index (Phi) is 3.40. The van der Waals surface area contributed by atoms with Crippen LogP contribution in [0.5, 0.6) is 0 Å². The Bertz CT molecular complexity index is 634. The molecule has 3 aliphatic rings. The van der Waals surface area contributed by atoms with Crippen molar-refractivity contribution in [1.82, 2.24) is 14.8 Å². The number of fused-ring (bicyclic) bond motifs is 5. The van der Waals surface area contributed by atoms with E-state index in [4.69, 9.17) is 0 Å². The maximum absolute atomic E-state index is 4.49. The zero-order chi connectivity index (χ0) is 14.2. The molecule has 2 aromatic rings. The smallest absolute Gasteiger partial charge is 0.0705 e. The van der Waals surface area contributed by atoms with E-state index in [0.717, 1.165) is 24.0 Å². The van der Waals surface area contributed by atoms with E-state index in [0.29, 0.717) is 0 Å².